The Morgan fingerprint density at radius 2 is 1.82 bits per heavy atom. The molecule has 3 rings (SSSR count). The van der Waals surface area contributed by atoms with Crippen molar-refractivity contribution < 1.29 is 27.3 Å². The zero-order chi connectivity index (χ0) is 16.0. The van der Waals surface area contributed by atoms with Crippen LogP contribution in [0.4, 0.5) is 0 Å². The van der Waals surface area contributed by atoms with Gasteiger partial charge in [-0.25, -0.2) is 4.21 Å². The van der Waals surface area contributed by atoms with Crippen molar-refractivity contribution in [2.45, 2.75) is 32.0 Å². The Morgan fingerprint density at radius 1 is 1.23 bits per heavy atom. The standard InChI is InChI=1S/C14H19NO6S/c1-6(2)14(17)15-5-11(16)20-12-9-4-10(8-3-7(8)9)13(12)21-22(18)19/h7-10,12-13H,1,3-5H2,2H3,(H,15,17)(H,18,19)/p-1. The lowest BCUT2D eigenvalue weighted by Crippen LogP contribution is -2.42. The Morgan fingerprint density at radius 3 is 2.41 bits per heavy atom. The summed E-state index contributed by atoms with van der Waals surface area (Å²) in [6.07, 6.45) is 0.766. The normalized spacial score (nSPS) is 39.0. The lowest BCUT2D eigenvalue weighted by Gasteiger charge is -2.30. The highest BCUT2D eigenvalue weighted by Crippen LogP contribution is 2.66. The molecule has 3 aliphatic rings. The topological polar surface area (TPSA) is 105 Å². The molecule has 8 heteroatoms. The molecule has 0 aromatic carbocycles. The molecule has 122 valence electrons. The maximum Gasteiger partial charge on any atom is 0.325 e. The summed E-state index contributed by atoms with van der Waals surface area (Å²) in [7, 11) is 0. The summed E-state index contributed by atoms with van der Waals surface area (Å²) >= 11 is -2.63. The molecule has 0 heterocycles. The van der Waals surface area contributed by atoms with Crippen LogP contribution in [-0.2, 0) is 29.9 Å². The van der Waals surface area contributed by atoms with Crippen LogP contribution >= 0.6 is 0 Å². The van der Waals surface area contributed by atoms with Gasteiger partial charge in [-0.15, -0.1) is 0 Å². The maximum absolute atomic E-state index is 11.9. The number of ether oxygens (including phenoxy) is 1. The van der Waals surface area contributed by atoms with E-state index in [1.165, 1.54) is 6.92 Å². The summed E-state index contributed by atoms with van der Waals surface area (Å²) in [4.78, 5) is 23.2. The third-order valence-corrected chi connectivity index (χ3v) is 5.32. The Hall–Kier alpha value is -1.25. The van der Waals surface area contributed by atoms with Gasteiger partial charge in [-0.05, 0) is 37.5 Å². The van der Waals surface area contributed by atoms with Gasteiger partial charge in [-0.1, -0.05) is 6.58 Å². The van der Waals surface area contributed by atoms with E-state index in [0.29, 0.717) is 17.4 Å². The first-order valence-corrected chi connectivity index (χ1v) is 8.28. The molecule has 0 aliphatic heterocycles. The monoisotopic (exact) mass is 328 g/mol. The maximum atomic E-state index is 11.9. The van der Waals surface area contributed by atoms with Crippen LogP contribution in [0.3, 0.4) is 0 Å². The van der Waals surface area contributed by atoms with Crippen molar-refractivity contribution in [2.24, 2.45) is 23.7 Å². The number of rotatable bonds is 6. The van der Waals surface area contributed by atoms with Gasteiger partial charge in [0, 0.05) is 11.5 Å². The molecule has 0 aromatic rings. The molecular formula is C14H18NO6S-. The van der Waals surface area contributed by atoms with E-state index >= 15 is 0 Å². The Kier molecular flexibility index (Phi) is 4.09. The molecule has 0 aromatic heterocycles. The molecule has 7 nitrogen and oxygen atoms in total. The fraction of sp³-hybridized carbons (Fsp3) is 0.714. The minimum atomic E-state index is -2.63. The summed E-state index contributed by atoms with van der Waals surface area (Å²) in [6.45, 7) is 4.75. The molecule has 3 aliphatic carbocycles. The van der Waals surface area contributed by atoms with Crippen molar-refractivity contribution in [3.63, 3.8) is 0 Å². The van der Waals surface area contributed by atoms with Gasteiger partial charge >= 0.3 is 5.97 Å². The number of amides is 1. The van der Waals surface area contributed by atoms with E-state index in [0.717, 1.165) is 12.8 Å². The van der Waals surface area contributed by atoms with Crippen LogP contribution in [0.1, 0.15) is 19.8 Å². The van der Waals surface area contributed by atoms with Crippen LogP contribution in [0, 0.1) is 23.7 Å². The van der Waals surface area contributed by atoms with Gasteiger partial charge in [0.25, 0.3) is 0 Å². The van der Waals surface area contributed by atoms with Crippen LogP contribution in [0.25, 0.3) is 0 Å². The van der Waals surface area contributed by atoms with Crippen LogP contribution in [0.5, 0.6) is 0 Å². The molecule has 1 N–H and O–H groups in total. The number of carbonyl (C=O) groups is 2. The van der Waals surface area contributed by atoms with E-state index in [4.69, 9.17) is 8.92 Å². The molecule has 0 saturated heterocycles. The zero-order valence-electron chi connectivity index (χ0n) is 12.2. The summed E-state index contributed by atoms with van der Waals surface area (Å²) in [5, 5.41) is 2.40. The second-order valence-corrected chi connectivity index (χ2v) is 6.91. The molecule has 1 amide bonds. The van der Waals surface area contributed by atoms with E-state index in [-0.39, 0.29) is 18.4 Å². The molecule has 0 spiro atoms. The van der Waals surface area contributed by atoms with Gasteiger partial charge < -0.3 is 14.6 Å². The van der Waals surface area contributed by atoms with E-state index in [2.05, 4.69) is 11.9 Å². The molecule has 3 fully saturated rings. The quantitative estimate of drug-likeness (QED) is 0.420. The minimum Gasteiger partial charge on any atom is -0.750 e. The predicted octanol–water partition coefficient (Wildman–Crippen LogP) is 0.0556. The highest BCUT2D eigenvalue weighted by molar-refractivity contribution is 7.74. The van der Waals surface area contributed by atoms with E-state index in [1.54, 1.807) is 0 Å². The second kappa shape index (κ2) is 5.75. The first-order valence-electron chi connectivity index (χ1n) is 7.28. The Balaban J connectivity index is 1.58. The Bertz CT molecular complexity index is 549. The molecule has 7 atom stereocenters. The van der Waals surface area contributed by atoms with Crippen LogP contribution in [0.2, 0.25) is 0 Å². The fourth-order valence-corrected chi connectivity index (χ4v) is 4.43. The first kappa shape index (κ1) is 15.6. The molecular weight excluding hydrogens is 310 g/mol. The third-order valence-electron chi connectivity index (χ3n) is 4.94. The van der Waals surface area contributed by atoms with Gasteiger partial charge in [0.05, 0.1) is 11.4 Å². The summed E-state index contributed by atoms with van der Waals surface area (Å²) in [5.41, 5.74) is 0.302. The van der Waals surface area contributed by atoms with Crippen LogP contribution in [-0.4, -0.2) is 39.4 Å². The SMILES string of the molecule is C=C(C)C(=O)NCC(=O)OC1C2CC(C3CC32)C1OS(=O)[O-]. The summed E-state index contributed by atoms with van der Waals surface area (Å²) in [5.74, 6) is 0.347. The van der Waals surface area contributed by atoms with Gasteiger partial charge in [-0.3, -0.25) is 13.8 Å². The highest BCUT2D eigenvalue weighted by Gasteiger charge is 2.67. The highest BCUT2D eigenvalue weighted by atomic mass is 32.2. The van der Waals surface area contributed by atoms with Crippen molar-refractivity contribution in [1.82, 2.24) is 5.32 Å². The molecule has 2 bridgehead atoms. The second-order valence-electron chi connectivity index (χ2n) is 6.31. The fourth-order valence-electron chi connectivity index (χ4n) is 4.00. The van der Waals surface area contributed by atoms with Crippen molar-refractivity contribution in [3.05, 3.63) is 12.2 Å². The summed E-state index contributed by atoms with van der Waals surface area (Å²) in [6, 6.07) is 0. The number of carbonyl (C=O) groups excluding carboxylic acids is 2. The van der Waals surface area contributed by atoms with Gasteiger partial charge in [0.15, 0.2) is 0 Å². The number of hydrogen-bond acceptors (Lipinski definition) is 6. The molecule has 7 unspecified atom stereocenters. The average Bonchev–Trinajstić information content (AvgIpc) is 3.07. The third kappa shape index (κ3) is 2.82. The number of esters is 1. The van der Waals surface area contributed by atoms with Crippen LogP contribution in [0.15, 0.2) is 12.2 Å². The van der Waals surface area contributed by atoms with Crippen molar-refractivity contribution in [2.75, 3.05) is 6.54 Å². The van der Waals surface area contributed by atoms with Crippen molar-refractivity contribution >= 4 is 23.2 Å². The number of nitrogens with one attached hydrogen (secondary N) is 1. The minimum absolute atomic E-state index is 0.149. The lowest BCUT2D eigenvalue weighted by atomic mass is 9.95. The summed E-state index contributed by atoms with van der Waals surface area (Å²) < 4.78 is 32.0. The Labute approximate surface area is 130 Å². The molecule has 3 saturated carbocycles. The predicted molar refractivity (Wildman–Crippen MR) is 74.7 cm³/mol. The smallest absolute Gasteiger partial charge is 0.325 e. The van der Waals surface area contributed by atoms with Crippen LogP contribution < -0.4 is 5.32 Å². The van der Waals surface area contributed by atoms with Crippen molar-refractivity contribution in [3.8, 4) is 0 Å². The first-order chi connectivity index (χ1) is 10.4. The average molecular weight is 328 g/mol. The number of hydrogen-bond donors (Lipinski definition) is 1. The zero-order valence-corrected chi connectivity index (χ0v) is 13.0. The van der Waals surface area contributed by atoms with Gasteiger partial charge in [0.1, 0.15) is 18.8 Å². The van der Waals surface area contributed by atoms with E-state index in [1.807, 2.05) is 0 Å². The van der Waals surface area contributed by atoms with Gasteiger partial charge in [-0.2, -0.15) is 0 Å². The molecule has 22 heavy (non-hydrogen) atoms. The lowest BCUT2D eigenvalue weighted by molar-refractivity contribution is -0.157. The van der Waals surface area contributed by atoms with E-state index in [9.17, 15) is 18.4 Å². The molecule has 0 radical (unpaired) electrons. The largest absolute Gasteiger partial charge is 0.750 e. The van der Waals surface area contributed by atoms with E-state index < -0.39 is 35.4 Å². The van der Waals surface area contributed by atoms with Crippen molar-refractivity contribution in [1.29, 1.82) is 0 Å². The van der Waals surface area contributed by atoms with Gasteiger partial charge in [0.2, 0.25) is 5.91 Å². The number of fused-ring (bicyclic) bond motifs is 5.